The summed E-state index contributed by atoms with van der Waals surface area (Å²) in [4.78, 5) is 18.7. The third kappa shape index (κ3) is 3.83. The quantitative estimate of drug-likeness (QED) is 0.866. The number of carbonyl (C=O) groups excluding carboxylic acids is 1. The van der Waals surface area contributed by atoms with Gasteiger partial charge in [0.05, 0.1) is 6.61 Å². The average molecular weight is 286 g/mol. The lowest BCUT2D eigenvalue weighted by Crippen LogP contribution is -2.38. The smallest absolute Gasteiger partial charge is 0.272 e. The summed E-state index contributed by atoms with van der Waals surface area (Å²) in [5.41, 5.74) is 1.25. The number of aromatic nitrogens is 1. The first-order valence-corrected chi connectivity index (χ1v) is 7.50. The molecule has 0 saturated carbocycles. The lowest BCUT2D eigenvalue weighted by atomic mass is 10.0. The molecule has 1 fully saturated rings. The molecule has 4 nitrogen and oxygen atoms in total. The zero-order valence-corrected chi connectivity index (χ0v) is 12.7. The van der Waals surface area contributed by atoms with E-state index >= 15 is 0 Å². The van der Waals surface area contributed by atoms with E-state index in [0.717, 1.165) is 24.9 Å². The van der Waals surface area contributed by atoms with Crippen molar-refractivity contribution in [3.05, 3.63) is 29.6 Å². The van der Waals surface area contributed by atoms with E-state index in [1.807, 2.05) is 11.0 Å². The lowest BCUT2D eigenvalue weighted by molar-refractivity contribution is 0.0695. The molecule has 112 valence electrons. The summed E-state index contributed by atoms with van der Waals surface area (Å²) in [6, 6.07) is 3.87. The van der Waals surface area contributed by atoms with E-state index in [-0.39, 0.29) is 12.5 Å². The molecule has 2 heterocycles. The van der Waals surface area contributed by atoms with Crippen molar-refractivity contribution in [2.24, 2.45) is 5.92 Å². The third-order valence-corrected chi connectivity index (χ3v) is 3.78. The molecule has 0 aromatic carbocycles. The van der Waals surface area contributed by atoms with Crippen LogP contribution in [0.2, 0.25) is 0 Å². The Balaban J connectivity index is 2.08. The van der Waals surface area contributed by atoms with Crippen LogP contribution in [0.1, 0.15) is 49.2 Å². The van der Waals surface area contributed by atoms with Gasteiger partial charge < -0.3 is 10.0 Å². The van der Waals surface area contributed by atoms with E-state index < -0.39 is 0 Å². The number of hydrogen-bond donors (Lipinski definition) is 1. The molecule has 1 aromatic heterocycles. The fraction of sp³-hybridized carbons (Fsp3) is 0.529. The SMILES string of the molecule is CC(C)C1CCCN1C(=O)c1ccc(C#CCCO)cn1. The summed E-state index contributed by atoms with van der Waals surface area (Å²) < 4.78 is 0. The van der Waals surface area contributed by atoms with Crippen LogP contribution in [-0.4, -0.2) is 40.1 Å². The fourth-order valence-electron chi connectivity index (χ4n) is 2.70. The van der Waals surface area contributed by atoms with Crippen molar-refractivity contribution in [3.63, 3.8) is 0 Å². The molecule has 1 saturated heterocycles. The average Bonchev–Trinajstić information content (AvgIpc) is 2.97. The minimum absolute atomic E-state index is 0.0149. The lowest BCUT2D eigenvalue weighted by Gasteiger charge is -2.27. The van der Waals surface area contributed by atoms with Crippen LogP contribution in [0.25, 0.3) is 0 Å². The Morgan fingerprint density at radius 3 is 2.95 bits per heavy atom. The Hall–Kier alpha value is -1.86. The summed E-state index contributed by atoms with van der Waals surface area (Å²) in [5.74, 6) is 6.24. The molecular formula is C17H22N2O2. The predicted molar refractivity (Wildman–Crippen MR) is 81.7 cm³/mol. The van der Waals surface area contributed by atoms with E-state index in [4.69, 9.17) is 5.11 Å². The van der Waals surface area contributed by atoms with E-state index in [9.17, 15) is 4.79 Å². The van der Waals surface area contributed by atoms with Crippen LogP contribution >= 0.6 is 0 Å². The molecule has 21 heavy (non-hydrogen) atoms. The van der Waals surface area contributed by atoms with Crippen molar-refractivity contribution >= 4 is 5.91 Å². The second kappa shape index (κ2) is 7.24. The van der Waals surface area contributed by atoms with Gasteiger partial charge in [-0.2, -0.15) is 0 Å². The van der Waals surface area contributed by atoms with Crippen LogP contribution in [0, 0.1) is 17.8 Å². The maximum atomic E-state index is 12.5. The Kier molecular flexibility index (Phi) is 5.35. The topological polar surface area (TPSA) is 53.4 Å². The molecule has 1 N–H and O–H groups in total. The summed E-state index contributed by atoms with van der Waals surface area (Å²) in [6.45, 7) is 5.19. The molecule has 1 atom stereocenters. The van der Waals surface area contributed by atoms with Crippen molar-refractivity contribution in [2.75, 3.05) is 13.2 Å². The number of pyridine rings is 1. The number of rotatable bonds is 3. The molecule has 0 radical (unpaired) electrons. The van der Waals surface area contributed by atoms with Crippen LogP contribution in [0.15, 0.2) is 18.3 Å². The Morgan fingerprint density at radius 1 is 1.52 bits per heavy atom. The van der Waals surface area contributed by atoms with Gasteiger partial charge in [0, 0.05) is 30.8 Å². The summed E-state index contributed by atoms with van der Waals surface area (Å²) >= 11 is 0. The standard InChI is InChI=1S/C17H22N2O2/c1-13(2)16-7-5-10-19(16)17(21)15-9-8-14(12-18-15)6-3-4-11-20/h8-9,12-13,16,20H,4-5,7,10-11H2,1-2H3. The van der Waals surface area contributed by atoms with Crippen LogP contribution in [0.3, 0.4) is 0 Å². The normalized spacial score (nSPS) is 17.7. The van der Waals surface area contributed by atoms with Gasteiger partial charge in [-0.05, 0) is 30.9 Å². The molecule has 4 heteroatoms. The second-order valence-electron chi connectivity index (χ2n) is 5.66. The fourth-order valence-corrected chi connectivity index (χ4v) is 2.70. The van der Waals surface area contributed by atoms with E-state index in [0.29, 0.717) is 24.1 Å². The van der Waals surface area contributed by atoms with Gasteiger partial charge in [-0.15, -0.1) is 0 Å². The highest BCUT2D eigenvalue weighted by molar-refractivity contribution is 5.92. The van der Waals surface area contributed by atoms with Crippen LogP contribution in [0.4, 0.5) is 0 Å². The molecule has 0 spiro atoms. The molecular weight excluding hydrogens is 264 g/mol. The number of likely N-dealkylation sites (tertiary alicyclic amines) is 1. The van der Waals surface area contributed by atoms with E-state index in [1.54, 1.807) is 12.3 Å². The number of carbonyl (C=O) groups is 1. The zero-order valence-electron chi connectivity index (χ0n) is 12.7. The monoisotopic (exact) mass is 286 g/mol. The molecule has 1 amide bonds. The van der Waals surface area contributed by atoms with Gasteiger partial charge in [-0.3, -0.25) is 4.79 Å². The van der Waals surface area contributed by atoms with Gasteiger partial charge in [0.15, 0.2) is 0 Å². The van der Waals surface area contributed by atoms with Crippen LogP contribution in [0.5, 0.6) is 0 Å². The van der Waals surface area contributed by atoms with Gasteiger partial charge in [-0.1, -0.05) is 25.7 Å². The van der Waals surface area contributed by atoms with Crippen LogP contribution in [-0.2, 0) is 0 Å². The highest BCUT2D eigenvalue weighted by Gasteiger charge is 2.31. The Labute approximate surface area is 126 Å². The van der Waals surface area contributed by atoms with Gasteiger partial charge in [0.2, 0.25) is 0 Å². The maximum absolute atomic E-state index is 12.5. The first-order chi connectivity index (χ1) is 10.1. The van der Waals surface area contributed by atoms with Gasteiger partial charge >= 0.3 is 0 Å². The summed E-state index contributed by atoms with van der Waals surface area (Å²) in [7, 11) is 0. The second-order valence-corrected chi connectivity index (χ2v) is 5.66. The largest absolute Gasteiger partial charge is 0.395 e. The highest BCUT2D eigenvalue weighted by atomic mass is 16.2. The summed E-state index contributed by atoms with van der Waals surface area (Å²) in [6.07, 6.45) is 4.22. The number of aliphatic hydroxyl groups is 1. The van der Waals surface area contributed by atoms with Crippen molar-refractivity contribution in [1.29, 1.82) is 0 Å². The molecule has 1 aliphatic rings. The van der Waals surface area contributed by atoms with Gasteiger partial charge in [0.25, 0.3) is 5.91 Å². The van der Waals surface area contributed by atoms with E-state index in [1.165, 1.54) is 0 Å². The van der Waals surface area contributed by atoms with Crippen molar-refractivity contribution in [2.45, 2.75) is 39.2 Å². The zero-order chi connectivity index (χ0) is 15.2. The minimum Gasteiger partial charge on any atom is -0.395 e. The van der Waals surface area contributed by atoms with Crippen molar-refractivity contribution in [1.82, 2.24) is 9.88 Å². The first kappa shape index (κ1) is 15.5. The first-order valence-electron chi connectivity index (χ1n) is 7.50. The Morgan fingerprint density at radius 2 is 2.33 bits per heavy atom. The van der Waals surface area contributed by atoms with E-state index in [2.05, 4.69) is 30.7 Å². The van der Waals surface area contributed by atoms with Gasteiger partial charge in [-0.25, -0.2) is 4.98 Å². The predicted octanol–water partition coefficient (Wildman–Crippen LogP) is 2.08. The molecule has 2 rings (SSSR count). The molecule has 0 bridgehead atoms. The van der Waals surface area contributed by atoms with Crippen molar-refractivity contribution in [3.8, 4) is 11.8 Å². The third-order valence-electron chi connectivity index (χ3n) is 3.78. The maximum Gasteiger partial charge on any atom is 0.272 e. The molecule has 1 aliphatic heterocycles. The minimum atomic E-state index is 0.0149. The molecule has 1 unspecified atom stereocenters. The Bertz CT molecular complexity index is 540. The molecule has 0 aliphatic carbocycles. The molecule has 1 aromatic rings. The summed E-state index contributed by atoms with van der Waals surface area (Å²) in [5, 5.41) is 8.68. The number of hydrogen-bond acceptors (Lipinski definition) is 3. The number of aliphatic hydroxyl groups excluding tert-OH is 1. The number of nitrogens with zero attached hydrogens (tertiary/aromatic N) is 2. The number of amides is 1. The van der Waals surface area contributed by atoms with Crippen LogP contribution < -0.4 is 0 Å². The highest BCUT2D eigenvalue weighted by Crippen LogP contribution is 2.25. The van der Waals surface area contributed by atoms with Crippen molar-refractivity contribution < 1.29 is 9.90 Å². The van der Waals surface area contributed by atoms with Gasteiger partial charge in [0.1, 0.15) is 5.69 Å².